The number of primary sulfonamides is 1. The molecule has 1 aliphatic heterocycles. The van der Waals surface area contributed by atoms with Gasteiger partial charge in [0.2, 0.25) is 15.9 Å². The summed E-state index contributed by atoms with van der Waals surface area (Å²) in [5.41, 5.74) is 0.426. The predicted octanol–water partition coefficient (Wildman–Crippen LogP) is 2.56. The molecular formula is C17H21N3O3S2. The highest BCUT2D eigenvalue weighted by Gasteiger charge is 2.33. The van der Waals surface area contributed by atoms with Crippen LogP contribution < -0.4 is 10.5 Å². The highest BCUT2D eigenvalue weighted by molar-refractivity contribution is 7.89. The van der Waals surface area contributed by atoms with Crippen LogP contribution in [0.5, 0.6) is 0 Å². The van der Waals surface area contributed by atoms with Gasteiger partial charge < -0.3 is 5.32 Å². The van der Waals surface area contributed by atoms with Gasteiger partial charge in [-0.2, -0.15) is 0 Å². The van der Waals surface area contributed by atoms with E-state index in [4.69, 9.17) is 5.14 Å². The summed E-state index contributed by atoms with van der Waals surface area (Å²) in [5.74, 6) is -0.157. The summed E-state index contributed by atoms with van der Waals surface area (Å²) in [4.78, 5) is 16.1. The molecule has 0 saturated carbocycles. The number of carbonyl (C=O) groups excluding carboxylic acids is 1. The first-order valence-corrected chi connectivity index (χ1v) is 10.5. The summed E-state index contributed by atoms with van der Waals surface area (Å²) in [6.07, 6.45) is 2.10. The van der Waals surface area contributed by atoms with E-state index in [1.807, 2.05) is 13.0 Å². The van der Waals surface area contributed by atoms with E-state index in [-0.39, 0.29) is 22.9 Å². The monoisotopic (exact) mass is 379 g/mol. The number of hydrogen-bond acceptors (Lipinski definition) is 5. The second-order valence-corrected chi connectivity index (χ2v) is 8.69. The molecule has 0 bridgehead atoms. The molecule has 1 fully saturated rings. The van der Waals surface area contributed by atoms with Crippen LogP contribution in [-0.2, 0) is 14.8 Å². The van der Waals surface area contributed by atoms with Gasteiger partial charge in [-0.25, -0.2) is 13.6 Å². The standard InChI is InChI=1S/C17H21N3O3S2/c1-12(20-9-3-7-15(20)16-8-4-10-24-16)17(21)19-13-5-2-6-14(11-13)25(18,22)23/h2,4-6,8,10-12,15H,3,7,9H2,1H3,(H,19,21)(H2,18,22,23). The van der Waals surface area contributed by atoms with E-state index in [9.17, 15) is 13.2 Å². The fraction of sp³-hybridized carbons (Fsp3) is 0.353. The third kappa shape index (κ3) is 4.09. The average molecular weight is 380 g/mol. The summed E-state index contributed by atoms with van der Waals surface area (Å²) in [5, 5.41) is 9.99. The summed E-state index contributed by atoms with van der Waals surface area (Å²) < 4.78 is 22.9. The summed E-state index contributed by atoms with van der Waals surface area (Å²) >= 11 is 1.71. The van der Waals surface area contributed by atoms with Crippen molar-refractivity contribution in [1.82, 2.24) is 4.90 Å². The van der Waals surface area contributed by atoms with Gasteiger partial charge in [-0.15, -0.1) is 11.3 Å². The maximum Gasteiger partial charge on any atom is 0.241 e. The Kier molecular flexibility index (Phi) is 5.24. The summed E-state index contributed by atoms with van der Waals surface area (Å²) in [7, 11) is -3.80. The first kappa shape index (κ1) is 18.1. The molecule has 2 atom stereocenters. The maximum atomic E-state index is 12.6. The van der Waals surface area contributed by atoms with Crippen LogP contribution in [0.25, 0.3) is 0 Å². The number of hydrogen-bond donors (Lipinski definition) is 2. The number of amides is 1. The number of likely N-dealkylation sites (tertiary alicyclic amines) is 1. The van der Waals surface area contributed by atoms with Crippen molar-refractivity contribution in [3.05, 3.63) is 46.7 Å². The normalized spacial score (nSPS) is 19.7. The van der Waals surface area contributed by atoms with E-state index in [2.05, 4.69) is 21.7 Å². The van der Waals surface area contributed by atoms with Crippen molar-refractivity contribution in [2.45, 2.75) is 36.7 Å². The Bertz CT molecular complexity index is 850. The van der Waals surface area contributed by atoms with Crippen molar-refractivity contribution in [3.8, 4) is 0 Å². The number of thiophene rings is 1. The van der Waals surface area contributed by atoms with Crippen molar-refractivity contribution >= 4 is 33.0 Å². The van der Waals surface area contributed by atoms with Crippen LogP contribution in [0.15, 0.2) is 46.7 Å². The highest BCUT2D eigenvalue weighted by atomic mass is 32.2. The molecular weight excluding hydrogens is 358 g/mol. The lowest BCUT2D eigenvalue weighted by Crippen LogP contribution is -2.41. The number of anilines is 1. The zero-order valence-corrected chi connectivity index (χ0v) is 15.5. The molecule has 3 N–H and O–H groups in total. The first-order chi connectivity index (χ1) is 11.9. The summed E-state index contributed by atoms with van der Waals surface area (Å²) in [6.45, 7) is 2.75. The van der Waals surface area contributed by atoms with Gasteiger partial charge in [0.1, 0.15) is 0 Å². The van der Waals surface area contributed by atoms with E-state index in [1.54, 1.807) is 23.5 Å². The van der Waals surface area contributed by atoms with Gasteiger partial charge in [0, 0.05) is 16.6 Å². The van der Waals surface area contributed by atoms with Gasteiger partial charge >= 0.3 is 0 Å². The molecule has 25 heavy (non-hydrogen) atoms. The maximum absolute atomic E-state index is 12.6. The van der Waals surface area contributed by atoms with Crippen molar-refractivity contribution in [3.63, 3.8) is 0 Å². The quantitative estimate of drug-likeness (QED) is 0.835. The highest BCUT2D eigenvalue weighted by Crippen LogP contribution is 2.36. The molecule has 0 spiro atoms. The molecule has 0 radical (unpaired) electrons. The van der Waals surface area contributed by atoms with Crippen molar-refractivity contribution < 1.29 is 13.2 Å². The number of nitrogens with two attached hydrogens (primary N) is 1. The van der Waals surface area contributed by atoms with Crippen LogP contribution in [-0.4, -0.2) is 31.8 Å². The Labute approximate surface area is 151 Å². The van der Waals surface area contributed by atoms with Crippen LogP contribution in [0, 0.1) is 0 Å². The average Bonchev–Trinajstić information content (AvgIpc) is 3.24. The van der Waals surface area contributed by atoms with E-state index in [0.29, 0.717) is 5.69 Å². The zero-order chi connectivity index (χ0) is 18.0. The molecule has 134 valence electrons. The topological polar surface area (TPSA) is 92.5 Å². The minimum Gasteiger partial charge on any atom is -0.325 e. The Morgan fingerprint density at radius 3 is 2.84 bits per heavy atom. The molecule has 1 saturated heterocycles. The van der Waals surface area contributed by atoms with Crippen molar-refractivity contribution in [2.75, 3.05) is 11.9 Å². The molecule has 2 unspecified atom stereocenters. The number of nitrogens with zero attached hydrogens (tertiary/aromatic N) is 1. The number of carbonyl (C=O) groups is 1. The van der Waals surface area contributed by atoms with Gasteiger partial charge in [0.05, 0.1) is 10.9 Å². The SMILES string of the molecule is CC(C(=O)Nc1cccc(S(N)(=O)=O)c1)N1CCCC1c1cccs1. The molecule has 8 heteroatoms. The van der Waals surface area contributed by atoms with E-state index < -0.39 is 10.0 Å². The van der Waals surface area contributed by atoms with Gasteiger partial charge in [-0.1, -0.05) is 12.1 Å². The lowest BCUT2D eigenvalue weighted by molar-refractivity contribution is -0.121. The number of sulfonamides is 1. The minimum absolute atomic E-state index is 0.0180. The second kappa shape index (κ2) is 7.25. The predicted molar refractivity (Wildman–Crippen MR) is 98.9 cm³/mol. The molecule has 2 heterocycles. The van der Waals surface area contributed by atoms with Gasteiger partial charge in [-0.3, -0.25) is 9.69 Å². The van der Waals surface area contributed by atoms with Crippen molar-refractivity contribution in [1.29, 1.82) is 0 Å². The number of rotatable bonds is 5. The molecule has 1 amide bonds. The lowest BCUT2D eigenvalue weighted by atomic mass is 10.1. The third-order valence-corrected chi connectivity index (χ3v) is 6.36. The summed E-state index contributed by atoms with van der Waals surface area (Å²) in [6, 6.07) is 10.1. The Morgan fingerprint density at radius 2 is 2.16 bits per heavy atom. The van der Waals surface area contributed by atoms with Crippen LogP contribution in [0.2, 0.25) is 0 Å². The van der Waals surface area contributed by atoms with Crippen LogP contribution in [0.3, 0.4) is 0 Å². The van der Waals surface area contributed by atoms with Gasteiger partial charge in [-0.05, 0) is 56.0 Å². The first-order valence-electron chi connectivity index (χ1n) is 8.09. The second-order valence-electron chi connectivity index (χ2n) is 6.15. The molecule has 3 rings (SSSR count). The van der Waals surface area contributed by atoms with Gasteiger partial charge in [0.15, 0.2) is 0 Å². The van der Waals surface area contributed by atoms with Crippen LogP contribution in [0.1, 0.15) is 30.7 Å². The Balaban J connectivity index is 1.73. The fourth-order valence-corrected chi connectivity index (χ4v) is 4.63. The minimum atomic E-state index is -3.80. The number of nitrogens with one attached hydrogen (secondary N) is 1. The molecule has 1 aliphatic rings. The van der Waals surface area contributed by atoms with E-state index >= 15 is 0 Å². The van der Waals surface area contributed by atoms with Crippen LogP contribution in [0.4, 0.5) is 5.69 Å². The molecule has 1 aromatic carbocycles. The van der Waals surface area contributed by atoms with Crippen molar-refractivity contribution in [2.24, 2.45) is 5.14 Å². The van der Waals surface area contributed by atoms with E-state index in [0.717, 1.165) is 19.4 Å². The molecule has 6 nitrogen and oxygen atoms in total. The lowest BCUT2D eigenvalue weighted by Gasteiger charge is -2.29. The number of benzene rings is 1. The Morgan fingerprint density at radius 1 is 1.36 bits per heavy atom. The zero-order valence-electron chi connectivity index (χ0n) is 13.9. The van der Waals surface area contributed by atoms with E-state index in [1.165, 1.54) is 17.0 Å². The molecule has 0 aliphatic carbocycles. The third-order valence-electron chi connectivity index (χ3n) is 4.47. The smallest absolute Gasteiger partial charge is 0.241 e. The Hall–Kier alpha value is -1.74. The van der Waals surface area contributed by atoms with Gasteiger partial charge in [0.25, 0.3) is 0 Å². The fourth-order valence-electron chi connectivity index (χ4n) is 3.19. The molecule has 1 aromatic heterocycles. The molecule has 2 aromatic rings. The largest absolute Gasteiger partial charge is 0.325 e. The van der Waals surface area contributed by atoms with Crippen LogP contribution >= 0.6 is 11.3 Å².